The normalized spacial score (nSPS) is 33.6. The highest BCUT2D eigenvalue weighted by atomic mass is 32.2. The van der Waals surface area contributed by atoms with Gasteiger partial charge in [0.1, 0.15) is 6.29 Å². The maximum Gasteiger partial charge on any atom is 0.186 e. The van der Waals surface area contributed by atoms with Crippen LogP contribution in [0.3, 0.4) is 0 Å². The number of carbonyl (C=O) groups excluding carboxylic acids is 2. The fourth-order valence-electron chi connectivity index (χ4n) is 3.07. The Hall–Kier alpha value is -0.870. The zero-order valence-electron chi connectivity index (χ0n) is 10.8. The molecule has 0 amide bonds. The quantitative estimate of drug-likeness (QED) is 0.625. The lowest BCUT2D eigenvalue weighted by molar-refractivity contribution is -0.115. The van der Waals surface area contributed by atoms with Crippen molar-refractivity contribution in [1.82, 2.24) is 0 Å². The molecule has 0 saturated carbocycles. The third-order valence-electron chi connectivity index (χ3n) is 4.01. The highest BCUT2D eigenvalue weighted by Crippen LogP contribution is 2.56. The molecule has 3 unspecified atom stereocenters. The van der Waals surface area contributed by atoms with Crippen LogP contribution >= 0.6 is 23.1 Å². The van der Waals surface area contributed by atoms with E-state index in [0.29, 0.717) is 12.3 Å². The highest BCUT2D eigenvalue weighted by molar-refractivity contribution is 8.04. The van der Waals surface area contributed by atoms with E-state index in [1.807, 2.05) is 17.5 Å². The van der Waals surface area contributed by atoms with Crippen molar-refractivity contribution in [3.05, 3.63) is 33.4 Å². The zero-order valence-corrected chi connectivity index (χ0v) is 12.4. The summed E-state index contributed by atoms with van der Waals surface area (Å²) in [7, 11) is 0. The Morgan fingerprint density at radius 1 is 1.47 bits per heavy atom. The topological polar surface area (TPSA) is 34.1 Å². The van der Waals surface area contributed by atoms with E-state index in [4.69, 9.17) is 0 Å². The second kappa shape index (κ2) is 4.91. The molecule has 1 aromatic heterocycles. The monoisotopic (exact) mass is 292 g/mol. The van der Waals surface area contributed by atoms with Crippen LogP contribution in [0, 0.1) is 11.3 Å². The minimum absolute atomic E-state index is 0.0830. The number of hydrogen-bond acceptors (Lipinski definition) is 4. The number of fused-ring (bicyclic) bond motifs is 1. The molecule has 3 atom stereocenters. The molecule has 1 aromatic rings. The van der Waals surface area contributed by atoms with E-state index in [2.05, 4.69) is 13.0 Å². The van der Waals surface area contributed by atoms with Gasteiger partial charge < -0.3 is 4.79 Å². The smallest absolute Gasteiger partial charge is 0.186 e. The van der Waals surface area contributed by atoms with Gasteiger partial charge in [-0.15, -0.1) is 23.1 Å². The average Bonchev–Trinajstić information content (AvgIpc) is 3.05. The summed E-state index contributed by atoms with van der Waals surface area (Å²) in [6.07, 6.45) is 5.85. The van der Waals surface area contributed by atoms with Gasteiger partial charge in [0.25, 0.3) is 0 Å². The van der Waals surface area contributed by atoms with Crippen molar-refractivity contribution in [3.63, 3.8) is 0 Å². The summed E-state index contributed by atoms with van der Waals surface area (Å²) in [6.45, 7) is 2.18. The van der Waals surface area contributed by atoms with Crippen LogP contribution in [0.1, 0.15) is 35.9 Å². The van der Waals surface area contributed by atoms with E-state index in [-0.39, 0.29) is 16.4 Å². The minimum atomic E-state index is -0.375. The molecule has 1 fully saturated rings. The van der Waals surface area contributed by atoms with Crippen molar-refractivity contribution in [1.29, 1.82) is 0 Å². The maximum absolute atomic E-state index is 12.4. The molecule has 1 aliphatic carbocycles. The number of hydrogen-bond donors (Lipinski definition) is 0. The number of rotatable bonds is 3. The van der Waals surface area contributed by atoms with Crippen molar-refractivity contribution in [2.75, 3.05) is 0 Å². The van der Waals surface area contributed by atoms with Crippen molar-refractivity contribution in [2.24, 2.45) is 11.3 Å². The standard InChI is InChI=1S/C15H16O2S2/c1-10-4-5-13-15(7-10,9-16)8-12(19-13)14(17)11-3-2-6-18-11/h2-3,5-6,9-10,12H,4,7-8H2,1H3. The van der Waals surface area contributed by atoms with Crippen LogP contribution in [0.5, 0.6) is 0 Å². The lowest BCUT2D eigenvalue weighted by atomic mass is 9.72. The SMILES string of the molecule is CC1CC=C2SC(C(=O)c3cccs3)CC2(C=O)C1. The molecule has 0 spiro atoms. The Morgan fingerprint density at radius 2 is 2.32 bits per heavy atom. The van der Waals surface area contributed by atoms with Crippen LogP contribution in [0.15, 0.2) is 28.5 Å². The van der Waals surface area contributed by atoms with E-state index in [1.165, 1.54) is 11.3 Å². The first-order valence-corrected chi connectivity index (χ1v) is 8.32. The molecule has 0 aromatic carbocycles. The van der Waals surface area contributed by atoms with Crippen molar-refractivity contribution in [3.8, 4) is 0 Å². The van der Waals surface area contributed by atoms with Gasteiger partial charge in [-0.3, -0.25) is 4.79 Å². The molecule has 2 nitrogen and oxygen atoms in total. The molecule has 1 aliphatic heterocycles. The highest BCUT2D eigenvalue weighted by Gasteiger charge is 2.48. The number of Topliss-reactive ketones (excluding diaryl/α,β-unsaturated/α-hetero) is 1. The number of allylic oxidation sites excluding steroid dienone is 2. The zero-order chi connectivity index (χ0) is 13.5. The van der Waals surface area contributed by atoms with E-state index in [1.54, 1.807) is 11.8 Å². The molecule has 19 heavy (non-hydrogen) atoms. The van der Waals surface area contributed by atoms with Gasteiger partial charge in [-0.05, 0) is 41.5 Å². The third kappa shape index (κ3) is 2.21. The number of thiophene rings is 1. The first-order valence-electron chi connectivity index (χ1n) is 6.56. The minimum Gasteiger partial charge on any atom is -0.302 e. The van der Waals surface area contributed by atoms with Crippen molar-refractivity contribution in [2.45, 2.75) is 31.4 Å². The van der Waals surface area contributed by atoms with Crippen LogP contribution < -0.4 is 0 Å². The Bertz CT molecular complexity index is 532. The molecule has 2 aliphatic rings. The molecule has 0 radical (unpaired) electrons. The second-order valence-corrected chi connectivity index (χ2v) is 7.73. The molecule has 1 saturated heterocycles. The van der Waals surface area contributed by atoms with E-state index in [0.717, 1.165) is 28.9 Å². The molecule has 0 N–H and O–H groups in total. The van der Waals surface area contributed by atoms with Crippen LogP contribution in [0.2, 0.25) is 0 Å². The Labute approximate surface area is 121 Å². The van der Waals surface area contributed by atoms with Gasteiger partial charge >= 0.3 is 0 Å². The van der Waals surface area contributed by atoms with Crippen LogP contribution in [0.4, 0.5) is 0 Å². The first kappa shape index (κ1) is 13.1. The summed E-state index contributed by atoms with van der Waals surface area (Å²) in [6, 6.07) is 3.78. The molecule has 100 valence electrons. The van der Waals surface area contributed by atoms with Crippen LogP contribution in [-0.4, -0.2) is 17.3 Å². The summed E-state index contributed by atoms with van der Waals surface area (Å²) < 4.78 is 0. The molecular formula is C15H16O2S2. The fourth-order valence-corrected chi connectivity index (χ4v) is 5.43. The molecule has 4 heteroatoms. The summed E-state index contributed by atoms with van der Waals surface area (Å²) in [5.74, 6) is 0.717. The molecule has 3 rings (SSSR count). The Morgan fingerprint density at radius 3 is 3.00 bits per heavy atom. The maximum atomic E-state index is 12.4. The predicted octanol–water partition coefficient (Wildman–Crippen LogP) is 3.94. The molecule has 0 bridgehead atoms. The number of thioether (sulfide) groups is 1. The predicted molar refractivity (Wildman–Crippen MR) is 79.6 cm³/mol. The third-order valence-corrected chi connectivity index (χ3v) is 6.39. The lowest BCUT2D eigenvalue weighted by Gasteiger charge is -2.30. The van der Waals surface area contributed by atoms with Gasteiger partial charge in [0.2, 0.25) is 0 Å². The van der Waals surface area contributed by atoms with E-state index >= 15 is 0 Å². The van der Waals surface area contributed by atoms with Crippen molar-refractivity contribution >= 4 is 35.2 Å². The molecule has 2 heterocycles. The van der Waals surface area contributed by atoms with Gasteiger partial charge in [-0.2, -0.15) is 0 Å². The molecular weight excluding hydrogens is 276 g/mol. The largest absolute Gasteiger partial charge is 0.302 e. The summed E-state index contributed by atoms with van der Waals surface area (Å²) in [5, 5.41) is 1.84. The fraction of sp³-hybridized carbons (Fsp3) is 0.467. The summed E-state index contributed by atoms with van der Waals surface area (Å²) in [5.41, 5.74) is -0.375. The summed E-state index contributed by atoms with van der Waals surface area (Å²) >= 11 is 3.10. The second-order valence-electron chi connectivity index (χ2n) is 5.54. The van der Waals surface area contributed by atoms with Gasteiger partial charge in [-0.1, -0.05) is 19.1 Å². The number of ketones is 1. The van der Waals surface area contributed by atoms with E-state index in [9.17, 15) is 9.59 Å². The average molecular weight is 292 g/mol. The lowest BCUT2D eigenvalue weighted by Crippen LogP contribution is -2.28. The van der Waals surface area contributed by atoms with Gasteiger partial charge in [-0.25, -0.2) is 0 Å². The van der Waals surface area contributed by atoms with Gasteiger partial charge in [0, 0.05) is 0 Å². The number of carbonyl (C=O) groups is 2. The summed E-state index contributed by atoms with van der Waals surface area (Å²) in [4.78, 5) is 26.0. The van der Waals surface area contributed by atoms with Crippen molar-refractivity contribution < 1.29 is 9.59 Å². The van der Waals surface area contributed by atoms with Crippen LogP contribution in [0.25, 0.3) is 0 Å². The van der Waals surface area contributed by atoms with Gasteiger partial charge in [0.05, 0.1) is 15.5 Å². The van der Waals surface area contributed by atoms with E-state index < -0.39 is 0 Å². The Balaban J connectivity index is 1.86. The van der Waals surface area contributed by atoms with Crippen LogP contribution in [-0.2, 0) is 4.79 Å². The Kier molecular flexibility index (Phi) is 3.39. The first-order chi connectivity index (χ1) is 9.14. The number of aldehydes is 1. The van der Waals surface area contributed by atoms with Gasteiger partial charge in [0.15, 0.2) is 5.78 Å².